The maximum absolute atomic E-state index is 12.3. The van der Waals surface area contributed by atoms with Gasteiger partial charge >= 0.3 is 0 Å². The third-order valence-electron chi connectivity index (χ3n) is 4.27. The fourth-order valence-electron chi connectivity index (χ4n) is 2.88. The van der Waals surface area contributed by atoms with Crippen LogP contribution in [0.5, 0.6) is 11.5 Å². The first kappa shape index (κ1) is 17.7. The zero-order chi connectivity index (χ0) is 19.3. The van der Waals surface area contributed by atoms with Crippen LogP contribution in [0.15, 0.2) is 67.0 Å². The van der Waals surface area contributed by atoms with E-state index in [1.165, 1.54) is 0 Å². The Labute approximate surface area is 161 Å². The van der Waals surface area contributed by atoms with Gasteiger partial charge in [0.15, 0.2) is 11.5 Å². The molecule has 0 spiro atoms. The first-order chi connectivity index (χ1) is 13.7. The van der Waals surface area contributed by atoms with Crippen molar-refractivity contribution in [3.8, 4) is 17.2 Å². The molecule has 4 rings (SSSR count). The number of nitrogens with one attached hydrogen (secondary N) is 2. The average Bonchev–Trinajstić information content (AvgIpc) is 3.27. The van der Waals surface area contributed by atoms with Crippen molar-refractivity contribution in [1.82, 2.24) is 9.88 Å². The van der Waals surface area contributed by atoms with Gasteiger partial charge in [0.25, 0.3) is 5.91 Å². The van der Waals surface area contributed by atoms with E-state index in [0.29, 0.717) is 36.0 Å². The van der Waals surface area contributed by atoms with Gasteiger partial charge in [-0.2, -0.15) is 0 Å². The zero-order valence-corrected chi connectivity index (χ0v) is 15.1. The molecule has 0 bridgehead atoms. The van der Waals surface area contributed by atoms with Crippen LogP contribution < -0.4 is 20.1 Å². The molecule has 0 aliphatic carbocycles. The first-order valence-electron chi connectivity index (χ1n) is 8.90. The number of carbonyl (C=O) groups is 2. The number of hydrogen-bond donors (Lipinski definition) is 2. The van der Waals surface area contributed by atoms with Crippen molar-refractivity contribution in [3.63, 3.8) is 0 Å². The first-order valence-corrected chi connectivity index (χ1v) is 8.90. The molecule has 0 atom stereocenters. The number of fused-ring (bicyclic) bond motifs is 1. The summed E-state index contributed by atoms with van der Waals surface area (Å²) in [6.07, 6.45) is 3.86. The molecule has 1 aliphatic rings. The fraction of sp³-hybridized carbons (Fsp3) is 0.143. The zero-order valence-electron chi connectivity index (χ0n) is 15.1. The molecule has 0 radical (unpaired) electrons. The third-order valence-corrected chi connectivity index (χ3v) is 4.27. The molecule has 3 aromatic rings. The van der Waals surface area contributed by atoms with Gasteiger partial charge in [0.1, 0.15) is 13.2 Å². The standard InChI is InChI=1S/C21H19N3O4/c25-20(23-16-5-8-18-19(13-16)28-12-11-27-18)14-22-21(26)15-3-6-17(7-4-15)24-9-1-2-10-24/h1-10,13H,11-12,14H2,(H,22,26)(H,23,25). The number of hydrogen-bond acceptors (Lipinski definition) is 4. The molecule has 7 heteroatoms. The van der Waals surface area contributed by atoms with Gasteiger partial charge in [0.05, 0.1) is 6.54 Å². The number of carbonyl (C=O) groups excluding carboxylic acids is 2. The lowest BCUT2D eigenvalue weighted by atomic mass is 10.2. The minimum absolute atomic E-state index is 0.132. The SMILES string of the molecule is O=C(CNC(=O)c1ccc(-n2cccc2)cc1)Nc1ccc2c(c1)OCCO2. The van der Waals surface area contributed by atoms with E-state index < -0.39 is 0 Å². The van der Waals surface area contributed by atoms with E-state index in [0.717, 1.165) is 5.69 Å². The van der Waals surface area contributed by atoms with Gasteiger partial charge in [-0.3, -0.25) is 9.59 Å². The van der Waals surface area contributed by atoms with Gasteiger partial charge in [0.2, 0.25) is 5.91 Å². The van der Waals surface area contributed by atoms with Crippen LogP contribution in [0.2, 0.25) is 0 Å². The summed E-state index contributed by atoms with van der Waals surface area (Å²) in [7, 11) is 0. The Balaban J connectivity index is 1.31. The molecule has 0 saturated heterocycles. The molecule has 0 saturated carbocycles. The predicted molar refractivity (Wildman–Crippen MR) is 104 cm³/mol. The lowest BCUT2D eigenvalue weighted by Crippen LogP contribution is -2.32. The maximum atomic E-state index is 12.3. The van der Waals surface area contributed by atoms with Crippen molar-refractivity contribution in [2.45, 2.75) is 0 Å². The van der Waals surface area contributed by atoms with E-state index in [4.69, 9.17) is 9.47 Å². The number of rotatable bonds is 5. The number of nitrogens with zero attached hydrogens (tertiary/aromatic N) is 1. The number of ether oxygens (including phenoxy) is 2. The molecule has 1 aliphatic heterocycles. The Morgan fingerprint density at radius 2 is 1.64 bits per heavy atom. The van der Waals surface area contributed by atoms with Crippen LogP contribution in [0.3, 0.4) is 0 Å². The van der Waals surface area contributed by atoms with Gasteiger partial charge in [-0.25, -0.2) is 0 Å². The molecule has 0 fully saturated rings. The monoisotopic (exact) mass is 377 g/mol. The summed E-state index contributed by atoms with van der Waals surface area (Å²) < 4.78 is 12.9. The van der Waals surface area contributed by atoms with E-state index in [9.17, 15) is 9.59 Å². The summed E-state index contributed by atoms with van der Waals surface area (Å²) in [6.45, 7) is 0.855. The highest BCUT2D eigenvalue weighted by Crippen LogP contribution is 2.32. The predicted octanol–water partition coefficient (Wildman–Crippen LogP) is 2.62. The number of amides is 2. The Bertz CT molecular complexity index is 981. The lowest BCUT2D eigenvalue weighted by molar-refractivity contribution is -0.115. The van der Waals surface area contributed by atoms with E-state index in [2.05, 4.69) is 10.6 Å². The molecule has 2 heterocycles. The van der Waals surface area contributed by atoms with Crippen molar-refractivity contribution in [2.24, 2.45) is 0 Å². The van der Waals surface area contributed by atoms with Crippen LogP contribution in [0.1, 0.15) is 10.4 Å². The summed E-state index contributed by atoms with van der Waals surface area (Å²) in [4.78, 5) is 24.4. The molecular formula is C21H19N3O4. The van der Waals surface area contributed by atoms with Gasteiger partial charge in [-0.1, -0.05) is 0 Å². The molecule has 2 amide bonds. The van der Waals surface area contributed by atoms with Crippen LogP contribution in [0.25, 0.3) is 5.69 Å². The smallest absolute Gasteiger partial charge is 0.251 e. The van der Waals surface area contributed by atoms with Crippen molar-refractivity contribution in [1.29, 1.82) is 0 Å². The number of aromatic nitrogens is 1. The van der Waals surface area contributed by atoms with Crippen LogP contribution >= 0.6 is 0 Å². The fourth-order valence-corrected chi connectivity index (χ4v) is 2.88. The molecule has 2 aromatic carbocycles. The quantitative estimate of drug-likeness (QED) is 0.716. The minimum Gasteiger partial charge on any atom is -0.486 e. The van der Waals surface area contributed by atoms with Gasteiger partial charge < -0.3 is 24.7 Å². The molecule has 2 N–H and O–H groups in total. The molecule has 1 aromatic heterocycles. The van der Waals surface area contributed by atoms with Gasteiger partial charge in [-0.15, -0.1) is 0 Å². The van der Waals surface area contributed by atoms with Crippen molar-refractivity contribution in [3.05, 3.63) is 72.6 Å². The van der Waals surface area contributed by atoms with E-state index >= 15 is 0 Å². The van der Waals surface area contributed by atoms with Gasteiger partial charge in [-0.05, 0) is 48.5 Å². The minimum atomic E-state index is -0.325. The summed E-state index contributed by atoms with van der Waals surface area (Å²) in [6, 6.07) is 16.2. The van der Waals surface area contributed by atoms with Crippen molar-refractivity contribution >= 4 is 17.5 Å². The molecular weight excluding hydrogens is 358 g/mol. The van der Waals surface area contributed by atoms with Crippen LogP contribution in [-0.2, 0) is 4.79 Å². The summed E-state index contributed by atoms with van der Waals surface area (Å²) >= 11 is 0. The molecule has 28 heavy (non-hydrogen) atoms. The molecule has 0 unspecified atom stereocenters. The highest BCUT2D eigenvalue weighted by Gasteiger charge is 2.13. The third kappa shape index (κ3) is 3.98. The van der Waals surface area contributed by atoms with Crippen LogP contribution in [-0.4, -0.2) is 36.1 Å². The highest BCUT2D eigenvalue weighted by molar-refractivity contribution is 5.99. The Morgan fingerprint density at radius 3 is 2.39 bits per heavy atom. The summed E-state index contributed by atoms with van der Waals surface area (Å²) in [5.41, 5.74) is 2.03. The Morgan fingerprint density at radius 1 is 0.929 bits per heavy atom. The maximum Gasteiger partial charge on any atom is 0.251 e. The lowest BCUT2D eigenvalue weighted by Gasteiger charge is -2.19. The number of anilines is 1. The van der Waals surface area contributed by atoms with Gasteiger partial charge in [0, 0.05) is 35.4 Å². The second-order valence-corrected chi connectivity index (χ2v) is 6.23. The molecule has 7 nitrogen and oxygen atoms in total. The van der Waals surface area contributed by atoms with E-state index in [-0.39, 0.29) is 18.4 Å². The summed E-state index contributed by atoms with van der Waals surface area (Å²) in [5, 5.41) is 5.36. The normalized spacial score (nSPS) is 12.3. The van der Waals surface area contributed by atoms with E-state index in [1.807, 2.05) is 41.2 Å². The average molecular weight is 377 g/mol. The Kier molecular flexibility index (Phi) is 4.97. The molecule has 142 valence electrons. The Hall–Kier alpha value is -3.74. The van der Waals surface area contributed by atoms with Crippen LogP contribution in [0.4, 0.5) is 5.69 Å². The largest absolute Gasteiger partial charge is 0.486 e. The van der Waals surface area contributed by atoms with E-state index in [1.54, 1.807) is 30.3 Å². The van der Waals surface area contributed by atoms with Crippen LogP contribution in [0, 0.1) is 0 Å². The second-order valence-electron chi connectivity index (χ2n) is 6.23. The topological polar surface area (TPSA) is 81.6 Å². The van der Waals surface area contributed by atoms with Crippen molar-refractivity contribution < 1.29 is 19.1 Å². The highest BCUT2D eigenvalue weighted by atomic mass is 16.6. The second kappa shape index (κ2) is 7.87. The number of benzene rings is 2. The van der Waals surface area contributed by atoms with Crippen molar-refractivity contribution in [2.75, 3.05) is 25.1 Å². The summed E-state index contributed by atoms with van der Waals surface area (Å²) in [5.74, 6) is 0.613.